The Bertz CT molecular complexity index is 483. The molecular formula is C12H19NO3S. The van der Waals surface area contributed by atoms with Crippen LogP contribution < -0.4 is 5.32 Å². The van der Waals surface area contributed by atoms with Gasteiger partial charge in [-0.25, -0.2) is 8.42 Å². The van der Waals surface area contributed by atoms with Crippen molar-refractivity contribution in [2.45, 2.75) is 24.8 Å². The van der Waals surface area contributed by atoms with E-state index in [9.17, 15) is 8.42 Å². The Morgan fingerprint density at radius 2 is 2.06 bits per heavy atom. The smallest absolute Gasteiger partial charge is 0.175 e. The molecule has 0 bridgehead atoms. The third-order valence-corrected chi connectivity index (χ3v) is 3.66. The molecule has 4 nitrogen and oxygen atoms in total. The lowest BCUT2D eigenvalue weighted by molar-refractivity contribution is 0.190. The van der Waals surface area contributed by atoms with E-state index in [0.29, 0.717) is 11.5 Å². The number of anilines is 1. The lowest BCUT2D eigenvalue weighted by atomic mass is 10.2. The zero-order valence-corrected chi connectivity index (χ0v) is 11.5. The Labute approximate surface area is 103 Å². The Hall–Kier alpha value is -1.07. The fourth-order valence-corrected chi connectivity index (χ4v) is 2.66. The first-order valence-corrected chi connectivity index (χ1v) is 7.30. The van der Waals surface area contributed by atoms with E-state index in [-0.39, 0.29) is 6.04 Å². The van der Waals surface area contributed by atoms with E-state index in [1.165, 1.54) is 6.26 Å². The van der Waals surface area contributed by atoms with Crippen LogP contribution in [0.4, 0.5) is 5.69 Å². The Morgan fingerprint density at radius 3 is 2.59 bits per heavy atom. The van der Waals surface area contributed by atoms with Gasteiger partial charge in [-0.2, -0.15) is 0 Å². The minimum atomic E-state index is -3.18. The van der Waals surface area contributed by atoms with Crippen molar-refractivity contribution in [1.29, 1.82) is 0 Å². The maximum atomic E-state index is 11.6. The number of hydrogen-bond donors (Lipinski definition) is 1. The van der Waals surface area contributed by atoms with Gasteiger partial charge in [0.05, 0.1) is 11.5 Å². The molecule has 1 aromatic rings. The summed E-state index contributed by atoms with van der Waals surface area (Å²) in [6.07, 6.45) is 1.22. The van der Waals surface area contributed by atoms with Gasteiger partial charge in [-0.3, -0.25) is 0 Å². The molecule has 0 aliphatic rings. The first-order chi connectivity index (χ1) is 7.84. The lowest BCUT2D eigenvalue weighted by Gasteiger charge is -2.15. The van der Waals surface area contributed by atoms with Crippen molar-refractivity contribution >= 4 is 15.5 Å². The fraction of sp³-hybridized carbons (Fsp3) is 0.500. The summed E-state index contributed by atoms with van der Waals surface area (Å²) in [5, 5.41) is 3.19. The topological polar surface area (TPSA) is 55.4 Å². The average Bonchev–Trinajstić information content (AvgIpc) is 2.19. The van der Waals surface area contributed by atoms with Gasteiger partial charge >= 0.3 is 0 Å². The van der Waals surface area contributed by atoms with Crippen LogP contribution in [0.5, 0.6) is 0 Å². The normalized spacial score (nSPS) is 13.4. The third-order valence-electron chi connectivity index (χ3n) is 2.42. The van der Waals surface area contributed by atoms with Crippen molar-refractivity contribution in [3.63, 3.8) is 0 Å². The SMILES string of the molecule is COCC(C)Nc1ccc(C)c(S(C)(=O)=O)c1. The van der Waals surface area contributed by atoms with E-state index in [0.717, 1.165) is 11.3 Å². The molecule has 0 spiro atoms. The number of rotatable bonds is 5. The summed E-state index contributed by atoms with van der Waals surface area (Å²) < 4.78 is 28.1. The first-order valence-electron chi connectivity index (χ1n) is 5.40. The predicted octanol–water partition coefficient (Wildman–Crippen LogP) is 1.85. The summed E-state index contributed by atoms with van der Waals surface area (Å²) in [5.41, 5.74) is 1.55. The molecule has 0 aromatic heterocycles. The van der Waals surface area contributed by atoms with Gasteiger partial charge < -0.3 is 10.1 Å². The highest BCUT2D eigenvalue weighted by atomic mass is 32.2. The van der Waals surface area contributed by atoms with Gasteiger partial charge in [-0.05, 0) is 31.5 Å². The van der Waals surface area contributed by atoms with Crippen molar-refractivity contribution in [1.82, 2.24) is 0 Å². The summed E-state index contributed by atoms with van der Waals surface area (Å²) in [6, 6.07) is 5.47. The third kappa shape index (κ3) is 4.02. The molecule has 0 aliphatic carbocycles. The van der Waals surface area contributed by atoms with Gasteiger partial charge in [0.1, 0.15) is 0 Å². The monoisotopic (exact) mass is 257 g/mol. The van der Waals surface area contributed by atoms with Gasteiger partial charge in [0.15, 0.2) is 9.84 Å². The van der Waals surface area contributed by atoms with E-state index in [2.05, 4.69) is 5.32 Å². The Balaban J connectivity index is 2.97. The molecule has 96 valence electrons. The number of hydrogen-bond acceptors (Lipinski definition) is 4. The van der Waals surface area contributed by atoms with Crippen LogP contribution in [-0.4, -0.2) is 34.4 Å². The molecule has 0 amide bonds. The number of benzene rings is 1. The van der Waals surface area contributed by atoms with E-state index in [1.807, 2.05) is 13.0 Å². The minimum absolute atomic E-state index is 0.134. The number of nitrogens with one attached hydrogen (secondary N) is 1. The van der Waals surface area contributed by atoms with Crippen LogP contribution in [0.1, 0.15) is 12.5 Å². The van der Waals surface area contributed by atoms with Crippen LogP contribution in [0.2, 0.25) is 0 Å². The van der Waals surface area contributed by atoms with Crippen LogP contribution in [0, 0.1) is 6.92 Å². The molecule has 1 rings (SSSR count). The zero-order chi connectivity index (χ0) is 13.1. The molecule has 5 heteroatoms. The van der Waals surface area contributed by atoms with Crippen molar-refractivity contribution in [2.24, 2.45) is 0 Å². The quantitative estimate of drug-likeness (QED) is 0.874. The van der Waals surface area contributed by atoms with Crippen molar-refractivity contribution < 1.29 is 13.2 Å². The number of ether oxygens (including phenoxy) is 1. The van der Waals surface area contributed by atoms with E-state index >= 15 is 0 Å². The summed E-state index contributed by atoms with van der Waals surface area (Å²) in [6.45, 7) is 4.34. The maximum absolute atomic E-state index is 11.6. The molecular weight excluding hydrogens is 238 g/mol. The summed E-state index contributed by atoms with van der Waals surface area (Å²) >= 11 is 0. The van der Waals surface area contributed by atoms with Gasteiger partial charge in [-0.1, -0.05) is 6.07 Å². The summed E-state index contributed by atoms with van der Waals surface area (Å²) in [5.74, 6) is 0. The van der Waals surface area contributed by atoms with Crippen LogP contribution in [0.15, 0.2) is 23.1 Å². The van der Waals surface area contributed by atoms with Crippen molar-refractivity contribution in [2.75, 3.05) is 25.3 Å². The first kappa shape index (κ1) is 14.0. The minimum Gasteiger partial charge on any atom is -0.383 e. The van der Waals surface area contributed by atoms with E-state index in [4.69, 9.17) is 4.74 Å². The van der Waals surface area contributed by atoms with Crippen LogP contribution >= 0.6 is 0 Å². The van der Waals surface area contributed by atoms with Gasteiger partial charge in [0.2, 0.25) is 0 Å². The second-order valence-corrected chi connectivity index (χ2v) is 6.24. The maximum Gasteiger partial charge on any atom is 0.175 e. The van der Waals surface area contributed by atoms with Crippen LogP contribution in [-0.2, 0) is 14.6 Å². The Morgan fingerprint density at radius 1 is 1.41 bits per heavy atom. The zero-order valence-electron chi connectivity index (χ0n) is 10.6. The molecule has 1 unspecified atom stereocenters. The van der Waals surface area contributed by atoms with Crippen LogP contribution in [0.3, 0.4) is 0 Å². The van der Waals surface area contributed by atoms with Crippen molar-refractivity contribution in [3.05, 3.63) is 23.8 Å². The van der Waals surface area contributed by atoms with E-state index < -0.39 is 9.84 Å². The molecule has 1 atom stereocenters. The second kappa shape index (κ2) is 5.51. The highest BCUT2D eigenvalue weighted by Gasteiger charge is 2.12. The predicted molar refractivity (Wildman–Crippen MR) is 69.2 cm³/mol. The summed E-state index contributed by atoms with van der Waals surface area (Å²) in [4.78, 5) is 0.368. The molecule has 1 N–H and O–H groups in total. The highest BCUT2D eigenvalue weighted by molar-refractivity contribution is 7.90. The fourth-order valence-electron chi connectivity index (χ4n) is 1.67. The second-order valence-electron chi connectivity index (χ2n) is 4.25. The average molecular weight is 257 g/mol. The largest absolute Gasteiger partial charge is 0.383 e. The lowest BCUT2D eigenvalue weighted by Crippen LogP contribution is -2.20. The molecule has 17 heavy (non-hydrogen) atoms. The number of methoxy groups -OCH3 is 1. The standard InChI is InChI=1S/C12H19NO3S/c1-9-5-6-11(13-10(2)8-16-3)7-12(9)17(4,14)15/h5-7,10,13H,8H2,1-4H3. The molecule has 0 aliphatic heterocycles. The molecule has 0 saturated heterocycles. The van der Waals surface area contributed by atoms with Gasteiger partial charge in [0.25, 0.3) is 0 Å². The molecule has 0 radical (unpaired) electrons. The molecule has 1 aromatic carbocycles. The van der Waals surface area contributed by atoms with Crippen molar-refractivity contribution in [3.8, 4) is 0 Å². The van der Waals surface area contributed by atoms with Gasteiger partial charge in [0, 0.05) is 25.1 Å². The highest BCUT2D eigenvalue weighted by Crippen LogP contribution is 2.20. The Kier molecular flexibility index (Phi) is 4.54. The molecule has 0 saturated carbocycles. The number of aryl methyl sites for hydroxylation is 1. The van der Waals surface area contributed by atoms with Gasteiger partial charge in [-0.15, -0.1) is 0 Å². The molecule has 0 fully saturated rings. The molecule has 0 heterocycles. The summed E-state index contributed by atoms with van der Waals surface area (Å²) in [7, 11) is -1.54. The number of sulfone groups is 1. The van der Waals surface area contributed by atoms with E-state index in [1.54, 1.807) is 26.2 Å². The van der Waals surface area contributed by atoms with Crippen LogP contribution in [0.25, 0.3) is 0 Å².